The predicted molar refractivity (Wildman–Crippen MR) is 99.3 cm³/mol. The van der Waals surface area contributed by atoms with Crippen LogP contribution in [0.1, 0.15) is 6.42 Å². The van der Waals surface area contributed by atoms with Gasteiger partial charge in [-0.25, -0.2) is 4.90 Å². The summed E-state index contributed by atoms with van der Waals surface area (Å²) in [4.78, 5) is 29.3. The quantitative estimate of drug-likeness (QED) is 0.675. The minimum atomic E-state index is -0.616. The number of nitrogens with one attached hydrogen (secondary N) is 2. The molecule has 0 bridgehead atoms. The third-order valence-corrected chi connectivity index (χ3v) is 4.94. The highest BCUT2D eigenvalue weighted by atomic mass is 35.5. The second-order valence-electron chi connectivity index (χ2n) is 5.85. The van der Waals surface area contributed by atoms with Crippen LogP contribution in [0.5, 0.6) is 0 Å². The van der Waals surface area contributed by atoms with Crippen molar-refractivity contribution in [3.05, 3.63) is 58.7 Å². The third kappa shape index (κ3) is 2.86. The first-order valence-electron chi connectivity index (χ1n) is 7.68. The number of H-pyrrole nitrogens is 1. The van der Waals surface area contributed by atoms with E-state index < -0.39 is 6.04 Å². The van der Waals surface area contributed by atoms with Crippen LogP contribution in [0.3, 0.4) is 0 Å². The van der Waals surface area contributed by atoms with E-state index in [9.17, 15) is 9.59 Å². The van der Waals surface area contributed by atoms with Gasteiger partial charge in [-0.3, -0.25) is 9.59 Å². The van der Waals surface area contributed by atoms with E-state index in [1.54, 1.807) is 12.1 Å². The van der Waals surface area contributed by atoms with Crippen molar-refractivity contribution < 1.29 is 9.59 Å². The fourth-order valence-electron chi connectivity index (χ4n) is 2.98. The van der Waals surface area contributed by atoms with Crippen molar-refractivity contribution in [3.63, 3.8) is 0 Å². The lowest BCUT2D eigenvalue weighted by molar-refractivity contribution is -0.121. The largest absolute Gasteiger partial charge is 0.373 e. The normalized spacial score (nSPS) is 17.5. The zero-order valence-electron chi connectivity index (χ0n) is 12.9. The predicted octanol–water partition coefficient (Wildman–Crippen LogP) is 4.22. The summed E-state index contributed by atoms with van der Waals surface area (Å²) in [6.45, 7) is 0. The summed E-state index contributed by atoms with van der Waals surface area (Å²) < 4.78 is 0. The van der Waals surface area contributed by atoms with Crippen molar-refractivity contribution in [3.8, 4) is 0 Å². The van der Waals surface area contributed by atoms with Crippen LogP contribution in [0.25, 0.3) is 10.9 Å². The molecule has 0 saturated carbocycles. The van der Waals surface area contributed by atoms with Crippen LogP contribution >= 0.6 is 23.2 Å². The van der Waals surface area contributed by atoms with Gasteiger partial charge in [-0.15, -0.1) is 0 Å². The molecule has 1 atom stereocenters. The number of benzene rings is 2. The van der Waals surface area contributed by atoms with Crippen LogP contribution in [0.4, 0.5) is 11.4 Å². The maximum atomic E-state index is 12.7. The Morgan fingerprint density at radius 1 is 1.04 bits per heavy atom. The molecule has 126 valence electrons. The Kier molecular flexibility index (Phi) is 3.90. The SMILES string of the molecule is O=C1C[C@H](Nc2ccc3cc[nH]c3c2)C(=O)N1c1ccc(Cl)c(Cl)c1. The lowest BCUT2D eigenvalue weighted by Crippen LogP contribution is -2.34. The van der Waals surface area contributed by atoms with E-state index >= 15 is 0 Å². The Morgan fingerprint density at radius 2 is 1.88 bits per heavy atom. The molecule has 0 aliphatic carbocycles. The van der Waals surface area contributed by atoms with Gasteiger partial charge in [0, 0.05) is 17.4 Å². The van der Waals surface area contributed by atoms with E-state index in [-0.39, 0.29) is 18.2 Å². The van der Waals surface area contributed by atoms with E-state index in [2.05, 4.69) is 10.3 Å². The topological polar surface area (TPSA) is 65.2 Å². The number of amides is 2. The number of aromatic amines is 1. The van der Waals surface area contributed by atoms with Crippen LogP contribution in [0.15, 0.2) is 48.7 Å². The molecule has 5 nitrogen and oxygen atoms in total. The van der Waals surface area contributed by atoms with Gasteiger partial charge in [0.05, 0.1) is 22.2 Å². The molecule has 7 heteroatoms. The molecule has 3 aromatic rings. The van der Waals surface area contributed by atoms with Gasteiger partial charge in [-0.2, -0.15) is 0 Å². The Balaban J connectivity index is 1.58. The summed E-state index contributed by atoms with van der Waals surface area (Å²) in [6.07, 6.45) is 1.94. The summed E-state index contributed by atoms with van der Waals surface area (Å²) in [6, 6.07) is 11.8. The number of carbonyl (C=O) groups is 2. The maximum absolute atomic E-state index is 12.7. The van der Waals surface area contributed by atoms with Gasteiger partial charge < -0.3 is 10.3 Å². The summed E-state index contributed by atoms with van der Waals surface area (Å²) in [5, 5.41) is 4.89. The molecule has 2 N–H and O–H groups in total. The molecule has 4 rings (SSSR count). The van der Waals surface area contributed by atoms with Gasteiger partial charge in [0.15, 0.2) is 0 Å². The first kappa shape index (κ1) is 16.0. The van der Waals surface area contributed by atoms with Crippen molar-refractivity contribution in [2.45, 2.75) is 12.5 Å². The van der Waals surface area contributed by atoms with Crippen molar-refractivity contribution in [2.75, 3.05) is 10.2 Å². The van der Waals surface area contributed by atoms with Crippen LogP contribution in [0.2, 0.25) is 10.0 Å². The average molecular weight is 374 g/mol. The molecule has 2 heterocycles. The Hall–Kier alpha value is -2.50. The number of fused-ring (bicyclic) bond motifs is 1. The molecule has 0 unspecified atom stereocenters. The summed E-state index contributed by atoms with van der Waals surface area (Å²) >= 11 is 11.9. The molecule has 1 aliphatic heterocycles. The first-order chi connectivity index (χ1) is 12.0. The zero-order valence-corrected chi connectivity index (χ0v) is 14.4. The summed E-state index contributed by atoms with van der Waals surface area (Å²) in [7, 11) is 0. The van der Waals surface area contributed by atoms with Gasteiger partial charge in [0.25, 0.3) is 5.91 Å². The van der Waals surface area contributed by atoms with Crippen LogP contribution in [-0.2, 0) is 9.59 Å². The lowest BCUT2D eigenvalue weighted by Gasteiger charge is -2.16. The molecule has 1 saturated heterocycles. The number of hydrogen-bond donors (Lipinski definition) is 2. The number of nitrogens with zero attached hydrogens (tertiary/aromatic N) is 1. The molecule has 1 aliphatic rings. The molecular weight excluding hydrogens is 361 g/mol. The number of hydrogen-bond acceptors (Lipinski definition) is 3. The second kappa shape index (κ2) is 6.10. The smallest absolute Gasteiger partial charge is 0.256 e. The standard InChI is InChI=1S/C18H13Cl2N3O2/c19-13-4-3-12(8-14(13)20)23-17(24)9-16(18(23)25)22-11-2-1-10-5-6-21-15(10)7-11/h1-8,16,21-22H,9H2/t16-/m0/s1. The minimum Gasteiger partial charge on any atom is -0.373 e. The number of rotatable bonds is 3. The molecule has 25 heavy (non-hydrogen) atoms. The Labute approximate surface area is 153 Å². The fraction of sp³-hybridized carbons (Fsp3) is 0.111. The highest BCUT2D eigenvalue weighted by Gasteiger charge is 2.39. The van der Waals surface area contributed by atoms with Crippen LogP contribution in [0, 0.1) is 0 Å². The monoisotopic (exact) mass is 373 g/mol. The molecular formula is C18H13Cl2N3O2. The summed E-state index contributed by atoms with van der Waals surface area (Å²) in [5.41, 5.74) is 2.16. The highest BCUT2D eigenvalue weighted by molar-refractivity contribution is 6.42. The van der Waals surface area contributed by atoms with E-state index in [1.807, 2.05) is 30.5 Å². The van der Waals surface area contributed by atoms with Crippen LogP contribution in [-0.4, -0.2) is 22.8 Å². The van der Waals surface area contributed by atoms with Gasteiger partial charge in [-0.1, -0.05) is 29.3 Å². The summed E-state index contributed by atoms with van der Waals surface area (Å²) in [5.74, 6) is -0.586. The number of aromatic nitrogens is 1. The second-order valence-corrected chi connectivity index (χ2v) is 6.66. The van der Waals surface area contributed by atoms with Crippen molar-refractivity contribution in [1.82, 2.24) is 4.98 Å². The molecule has 1 fully saturated rings. The maximum Gasteiger partial charge on any atom is 0.256 e. The number of halogens is 2. The fourth-order valence-corrected chi connectivity index (χ4v) is 3.27. The third-order valence-electron chi connectivity index (χ3n) is 4.20. The average Bonchev–Trinajstić information content (AvgIpc) is 3.15. The zero-order chi connectivity index (χ0) is 17.6. The minimum absolute atomic E-state index is 0.0852. The van der Waals surface area contributed by atoms with Gasteiger partial charge >= 0.3 is 0 Å². The van der Waals surface area contributed by atoms with Crippen molar-refractivity contribution in [1.29, 1.82) is 0 Å². The first-order valence-corrected chi connectivity index (χ1v) is 8.44. The molecule has 0 radical (unpaired) electrons. The van der Waals surface area contributed by atoms with Crippen LogP contribution < -0.4 is 10.2 Å². The van der Waals surface area contributed by atoms with Gasteiger partial charge in [-0.05, 0) is 41.8 Å². The van der Waals surface area contributed by atoms with Crippen molar-refractivity contribution >= 4 is 57.3 Å². The van der Waals surface area contributed by atoms with E-state index in [4.69, 9.17) is 23.2 Å². The molecule has 2 amide bonds. The highest BCUT2D eigenvalue weighted by Crippen LogP contribution is 2.31. The van der Waals surface area contributed by atoms with Gasteiger partial charge in [0.2, 0.25) is 5.91 Å². The number of imide groups is 1. The van der Waals surface area contributed by atoms with E-state index in [1.165, 1.54) is 6.07 Å². The molecule has 0 spiro atoms. The van der Waals surface area contributed by atoms with Crippen molar-refractivity contribution in [2.24, 2.45) is 0 Å². The number of anilines is 2. The van der Waals surface area contributed by atoms with E-state index in [0.29, 0.717) is 15.7 Å². The number of carbonyl (C=O) groups excluding carboxylic acids is 2. The Bertz CT molecular complexity index is 999. The van der Waals surface area contributed by atoms with E-state index in [0.717, 1.165) is 21.5 Å². The Morgan fingerprint density at radius 3 is 2.68 bits per heavy atom. The lowest BCUT2D eigenvalue weighted by atomic mass is 10.2. The van der Waals surface area contributed by atoms with Gasteiger partial charge in [0.1, 0.15) is 6.04 Å². The molecule has 1 aromatic heterocycles. The molecule has 2 aromatic carbocycles.